The monoisotopic (exact) mass is 354 g/mol. The number of sulfonamides is 1. The van der Waals surface area contributed by atoms with E-state index in [4.69, 9.17) is 4.42 Å². The molecular weight excluding hydrogens is 344 g/mol. The van der Waals surface area contributed by atoms with E-state index in [1.807, 2.05) is 16.2 Å². The maximum Gasteiger partial charge on any atom is 0.287 e. The van der Waals surface area contributed by atoms with Gasteiger partial charge in [0.25, 0.3) is 15.9 Å². The third-order valence-corrected chi connectivity index (χ3v) is 6.32. The van der Waals surface area contributed by atoms with E-state index in [1.165, 1.54) is 17.4 Å². The van der Waals surface area contributed by atoms with Gasteiger partial charge in [0.05, 0.1) is 4.88 Å². The van der Waals surface area contributed by atoms with Crippen molar-refractivity contribution >= 4 is 38.6 Å². The second-order valence-corrected chi connectivity index (χ2v) is 8.07. The lowest BCUT2D eigenvalue weighted by Crippen LogP contribution is -2.30. The molecule has 0 saturated heterocycles. The van der Waals surface area contributed by atoms with E-state index in [2.05, 4.69) is 4.98 Å². The lowest BCUT2D eigenvalue weighted by molar-refractivity contribution is 0.0976. The first-order valence-electron chi connectivity index (χ1n) is 6.09. The van der Waals surface area contributed by atoms with Crippen LogP contribution >= 0.6 is 22.7 Å². The number of nitrogens with zero attached hydrogens (tertiary/aromatic N) is 1. The molecule has 0 aliphatic heterocycles. The van der Waals surface area contributed by atoms with Crippen LogP contribution in [0, 0.1) is 6.92 Å². The molecule has 3 rings (SSSR count). The van der Waals surface area contributed by atoms with Gasteiger partial charge in [-0.3, -0.25) is 4.79 Å². The molecule has 1 amide bonds. The fourth-order valence-corrected chi connectivity index (χ4v) is 4.34. The van der Waals surface area contributed by atoms with Gasteiger partial charge in [-0.25, -0.2) is 18.1 Å². The number of amides is 1. The van der Waals surface area contributed by atoms with Crippen LogP contribution in [0.1, 0.15) is 16.2 Å². The van der Waals surface area contributed by atoms with Crippen molar-refractivity contribution < 1.29 is 17.6 Å². The highest BCUT2D eigenvalue weighted by molar-refractivity contribution is 7.92. The minimum absolute atomic E-state index is 0.0384. The maximum atomic E-state index is 12.2. The zero-order valence-corrected chi connectivity index (χ0v) is 13.7. The number of hydrogen-bond acceptors (Lipinski definition) is 7. The molecule has 0 saturated carbocycles. The summed E-state index contributed by atoms with van der Waals surface area (Å²) in [5.74, 6) is -0.245. The third kappa shape index (κ3) is 2.82. The first-order chi connectivity index (χ1) is 10.5. The van der Waals surface area contributed by atoms with Crippen molar-refractivity contribution in [3.8, 4) is 10.8 Å². The highest BCUT2D eigenvalue weighted by atomic mass is 32.2. The van der Waals surface area contributed by atoms with Crippen LogP contribution in [0.25, 0.3) is 10.8 Å². The van der Waals surface area contributed by atoms with Gasteiger partial charge in [-0.1, -0.05) is 12.1 Å². The number of aromatic nitrogens is 1. The Labute approximate surface area is 134 Å². The predicted octanol–water partition coefficient (Wildman–Crippen LogP) is 2.89. The van der Waals surface area contributed by atoms with Crippen LogP contribution in [0.5, 0.6) is 0 Å². The molecule has 0 unspecified atom stereocenters. The maximum absolute atomic E-state index is 12.2. The standard InChI is InChI=1S/C13H10N2O4S3/c1-8-11(14-13(19-8)9-4-2-6-20-9)12(16)15-22(17,18)10-5-3-7-21-10/h2-7H,1H3,(H,15,16). The molecule has 0 spiro atoms. The number of carbonyl (C=O) groups is 1. The Morgan fingerprint density at radius 2 is 1.95 bits per heavy atom. The molecule has 0 fully saturated rings. The molecule has 9 heteroatoms. The van der Waals surface area contributed by atoms with Crippen LogP contribution in [-0.4, -0.2) is 19.3 Å². The van der Waals surface area contributed by atoms with Gasteiger partial charge in [0, 0.05) is 0 Å². The highest BCUT2D eigenvalue weighted by Crippen LogP contribution is 2.26. The summed E-state index contributed by atoms with van der Waals surface area (Å²) in [7, 11) is -3.89. The Bertz CT molecular complexity index is 893. The Balaban J connectivity index is 1.87. The third-order valence-electron chi connectivity index (χ3n) is 2.73. The Morgan fingerprint density at radius 1 is 1.23 bits per heavy atom. The summed E-state index contributed by atoms with van der Waals surface area (Å²) in [5, 5.41) is 3.48. The molecule has 114 valence electrons. The Kier molecular flexibility index (Phi) is 3.85. The Hall–Kier alpha value is -1.97. The molecule has 0 radical (unpaired) electrons. The van der Waals surface area contributed by atoms with Crippen molar-refractivity contribution in [1.29, 1.82) is 0 Å². The van der Waals surface area contributed by atoms with Crippen molar-refractivity contribution in [3.05, 3.63) is 46.5 Å². The number of aryl methyl sites for hydroxylation is 1. The first-order valence-corrected chi connectivity index (χ1v) is 9.33. The van der Waals surface area contributed by atoms with E-state index in [-0.39, 0.29) is 15.7 Å². The lowest BCUT2D eigenvalue weighted by Gasteiger charge is -2.02. The largest absolute Gasteiger partial charge is 0.440 e. The number of thiophene rings is 2. The van der Waals surface area contributed by atoms with E-state index in [9.17, 15) is 13.2 Å². The lowest BCUT2D eigenvalue weighted by atomic mass is 10.3. The minimum Gasteiger partial charge on any atom is -0.440 e. The van der Waals surface area contributed by atoms with Gasteiger partial charge in [-0.05, 0) is 29.8 Å². The topological polar surface area (TPSA) is 89.3 Å². The Morgan fingerprint density at radius 3 is 2.59 bits per heavy atom. The predicted molar refractivity (Wildman–Crippen MR) is 83.5 cm³/mol. The van der Waals surface area contributed by atoms with Crippen LogP contribution in [0.4, 0.5) is 0 Å². The normalized spacial score (nSPS) is 11.5. The number of rotatable bonds is 4. The van der Waals surface area contributed by atoms with Crippen molar-refractivity contribution in [2.75, 3.05) is 0 Å². The second-order valence-electron chi connectivity index (χ2n) is 4.27. The van der Waals surface area contributed by atoms with Crippen molar-refractivity contribution in [1.82, 2.24) is 9.71 Å². The molecular formula is C13H10N2O4S3. The van der Waals surface area contributed by atoms with Gasteiger partial charge in [0.15, 0.2) is 5.69 Å². The minimum atomic E-state index is -3.89. The average Bonchev–Trinajstić information content (AvgIpc) is 3.20. The fraction of sp³-hybridized carbons (Fsp3) is 0.0769. The van der Waals surface area contributed by atoms with Gasteiger partial charge in [0.2, 0.25) is 5.89 Å². The molecule has 1 N–H and O–H groups in total. The number of hydrogen-bond donors (Lipinski definition) is 1. The van der Waals surface area contributed by atoms with E-state index >= 15 is 0 Å². The van der Waals surface area contributed by atoms with Crippen LogP contribution in [0.15, 0.2) is 43.7 Å². The van der Waals surface area contributed by atoms with E-state index in [1.54, 1.807) is 24.4 Å². The van der Waals surface area contributed by atoms with Crippen LogP contribution in [0.3, 0.4) is 0 Å². The summed E-state index contributed by atoms with van der Waals surface area (Å²) in [6.45, 7) is 1.57. The summed E-state index contributed by atoms with van der Waals surface area (Å²) in [6, 6.07) is 6.66. The number of oxazole rings is 1. The molecule has 0 atom stereocenters. The quantitative estimate of drug-likeness (QED) is 0.778. The summed E-state index contributed by atoms with van der Waals surface area (Å²) in [6.07, 6.45) is 0. The zero-order valence-electron chi connectivity index (χ0n) is 11.3. The van der Waals surface area contributed by atoms with Crippen LogP contribution in [-0.2, 0) is 10.0 Å². The van der Waals surface area contributed by atoms with E-state index in [0.29, 0.717) is 5.89 Å². The van der Waals surface area contributed by atoms with Crippen molar-refractivity contribution in [3.63, 3.8) is 0 Å². The number of nitrogens with one attached hydrogen (secondary N) is 1. The van der Waals surface area contributed by atoms with Gasteiger partial charge in [-0.2, -0.15) is 0 Å². The van der Waals surface area contributed by atoms with Crippen LogP contribution in [0.2, 0.25) is 0 Å². The summed E-state index contributed by atoms with van der Waals surface area (Å²) >= 11 is 2.45. The van der Waals surface area contributed by atoms with Crippen molar-refractivity contribution in [2.45, 2.75) is 11.1 Å². The van der Waals surface area contributed by atoms with Crippen molar-refractivity contribution in [2.24, 2.45) is 0 Å². The average molecular weight is 354 g/mol. The van der Waals surface area contributed by atoms with Gasteiger partial charge in [0.1, 0.15) is 9.97 Å². The first kappa shape index (κ1) is 14.9. The molecule has 0 aromatic carbocycles. The number of carbonyl (C=O) groups excluding carboxylic acids is 1. The molecule has 0 aliphatic carbocycles. The fourth-order valence-electron chi connectivity index (χ4n) is 1.75. The summed E-state index contributed by atoms with van der Waals surface area (Å²) < 4.78 is 31.6. The summed E-state index contributed by atoms with van der Waals surface area (Å²) in [5.41, 5.74) is -0.0384. The van der Waals surface area contributed by atoms with E-state index < -0.39 is 15.9 Å². The van der Waals surface area contributed by atoms with Gasteiger partial charge >= 0.3 is 0 Å². The highest BCUT2D eigenvalue weighted by Gasteiger charge is 2.24. The molecule has 3 aromatic rings. The molecule has 3 aromatic heterocycles. The van der Waals surface area contributed by atoms with Crippen LogP contribution < -0.4 is 4.72 Å². The summed E-state index contributed by atoms with van der Waals surface area (Å²) in [4.78, 5) is 17.0. The zero-order chi connectivity index (χ0) is 15.7. The van der Waals surface area contributed by atoms with E-state index in [0.717, 1.165) is 16.2 Å². The molecule has 6 nitrogen and oxygen atoms in total. The van der Waals surface area contributed by atoms with Gasteiger partial charge < -0.3 is 4.42 Å². The SMILES string of the molecule is Cc1oc(-c2cccs2)nc1C(=O)NS(=O)(=O)c1cccs1. The van der Waals surface area contributed by atoms with Gasteiger partial charge in [-0.15, -0.1) is 22.7 Å². The molecule has 0 bridgehead atoms. The molecule has 3 heterocycles. The smallest absolute Gasteiger partial charge is 0.287 e. The molecule has 0 aliphatic rings. The second kappa shape index (κ2) is 5.67. The molecule has 22 heavy (non-hydrogen) atoms.